The molecule has 1 saturated carbocycles. The zero-order chi connectivity index (χ0) is 17.9. The fourth-order valence-corrected chi connectivity index (χ4v) is 2.80. The van der Waals surface area contributed by atoms with Crippen LogP contribution in [0.2, 0.25) is 0 Å². The number of carbonyl (C=O) groups excluding carboxylic acids is 2. The molecule has 0 heterocycles. The molecule has 132 valence electrons. The molecule has 1 atom stereocenters. The summed E-state index contributed by atoms with van der Waals surface area (Å²) in [7, 11) is 1.79. The Morgan fingerprint density at radius 1 is 1.29 bits per heavy atom. The molecular weight excluding hydrogens is 302 g/mol. The normalized spacial score (nSPS) is 15.7. The van der Waals surface area contributed by atoms with Gasteiger partial charge < -0.3 is 16.0 Å². The van der Waals surface area contributed by atoms with Crippen LogP contribution in [-0.4, -0.2) is 42.9 Å². The van der Waals surface area contributed by atoms with E-state index < -0.39 is 0 Å². The van der Waals surface area contributed by atoms with E-state index in [0.29, 0.717) is 30.1 Å². The summed E-state index contributed by atoms with van der Waals surface area (Å²) < 4.78 is 0. The SMILES string of the molecule is CN(CC(C)(C)C)C(=O)c1cccc(C(=O)NCC(N)C2CC2)c1. The third-order valence-electron chi connectivity index (χ3n) is 4.16. The van der Waals surface area contributed by atoms with Gasteiger partial charge in [0.2, 0.25) is 0 Å². The topological polar surface area (TPSA) is 75.4 Å². The number of rotatable bonds is 6. The summed E-state index contributed by atoms with van der Waals surface area (Å²) in [5.41, 5.74) is 7.05. The van der Waals surface area contributed by atoms with E-state index in [1.807, 2.05) is 0 Å². The number of amides is 2. The number of nitrogens with two attached hydrogens (primary N) is 1. The van der Waals surface area contributed by atoms with Crippen molar-refractivity contribution in [2.75, 3.05) is 20.1 Å². The molecule has 0 aromatic heterocycles. The van der Waals surface area contributed by atoms with Crippen molar-refractivity contribution in [1.29, 1.82) is 0 Å². The van der Waals surface area contributed by atoms with Gasteiger partial charge in [-0.15, -0.1) is 0 Å². The lowest BCUT2D eigenvalue weighted by Crippen LogP contribution is -2.38. The predicted octanol–water partition coefficient (Wildman–Crippen LogP) is 2.27. The quantitative estimate of drug-likeness (QED) is 0.839. The summed E-state index contributed by atoms with van der Waals surface area (Å²) in [6.07, 6.45) is 2.31. The van der Waals surface area contributed by atoms with Gasteiger partial charge in [-0.1, -0.05) is 26.8 Å². The molecule has 1 aromatic rings. The van der Waals surface area contributed by atoms with Gasteiger partial charge in [0, 0.05) is 37.3 Å². The first kappa shape index (κ1) is 18.5. The minimum Gasteiger partial charge on any atom is -0.350 e. The van der Waals surface area contributed by atoms with Gasteiger partial charge in [-0.2, -0.15) is 0 Å². The molecule has 0 saturated heterocycles. The molecular formula is C19H29N3O2. The van der Waals surface area contributed by atoms with Crippen molar-refractivity contribution < 1.29 is 9.59 Å². The van der Waals surface area contributed by atoms with E-state index >= 15 is 0 Å². The molecule has 1 unspecified atom stereocenters. The van der Waals surface area contributed by atoms with Gasteiger partial charge in [-0.25, -0.2) is 0 Å². The Bertz CT molecular complexity index is 603. The minimum atomic E-state index is -0.181. The van der Waals surface area contributed by atoms with Crippen LogP contribution in [0.25, 0.3) is 0 Å². The molecule has 2 rings (SSSR count). The molecule has 0 spiro atoms. The van der Waals surface area contributed by atoms with Crippen LogP contribution in [0, 0.1) is 11.3 Å². The third-order valence-corrected chi connectivity index (χ3v) is 4.16. The van der Waals surface area contributed by atoms with Gasteiger partial charge in [-0.05, 0) is 42.4 Å². The maximum Gasteiger partial charge on any atom is 0.253 e. The van der Waals surface area contributed by atoms with Gasteiger partial charge in [0.25, 0.3) is 11.8 Å². The van der Waals surface area contributed by atoms with Crippen LogP contribution in [0.4, 0.5) is 0 Å². The van der Waals surface area contributed by atoms with Crippen LogP contribution in [0.3, 0.4) is 0 Å². The highest BCUT2D eigenvalue weighted by Gasteiger charge is 2.28. The second-order valence-corrected chi connectivity index (χ2v) is 8.01. The molecule has 1 fully saturated rings. The Kier molecular flexibility index (Phi) is 5.65. The van der Waals surface area contributed by atoms with E-state index in [2.05, 4.69) is 26.1 Å². The van der Waals surface area contributed by atoms with Crippen molar-refractivity contribution in [1.82, 2.24) is 10.2 Å². The van der Waals surface area contributed by atoms with Crippen LogP contribution in [-0.2, 0) is 0 Å². The van der Waals surface area contributed by atoms with Crippen molar-refractivity contribution in [2.24, 2.45) is 17.1 Å². The first-order valence-electron chi connectivity index (χ1n) is 8.57. The lowest BCUT2D eigenvalue weighted by atomic mass is 9.96. The Morgan fingerprint density at radius 3 is 2.50 bits per heavy atom. The molecule has 3 N–H and O–H groups in total. The molecule has 0 aliphatic heterocycles. The van der Waals surface area contributed by atoms with Gasteiger partial charge in [0.1, 0.15) is 0 Å². The molecule has 5 heteroatoms. The standard InChI is InChI=1S/C19H29N3O2/c1-19(2,3)12-22(4)18(24)15-7-5-6-14(10-15)17(23)21-11-16(20)13-8-9-13/h5-7,10,13,16H,8-9,11-12,20H2,1-4H3,(H,21,23). The molecule has 0 bridgehead atoms. The smallest absolute Gasteiger partial charge is 0.253 e. The maximum absolute atomic E-state index is 12.5. The average Bonchev–Trinajstić information content (AvgIpc) is 3.34. The van der Waals surface area contributed by atoms with Gasteiger partial charge in [-0.3, -0.25) is 9.59 Å². The molecule has 24 heavy (non-hydrogen) atoms. The van der Waals surface area contributed by atoms with E-state index in [-0.39, 0.29) is 23.3 Å². The van der Waals surface area contributed by atoms with Gasteiger partial charge >= 0.3 is 0 Å². The first-order chi connectivity index (χ1) is 11.2. The van der Waals surface area contributed by atoms with Crippen LogP contribution < -0.4 is 11.1 Å². The van der Waals surface area contributed by atoms with Crippen LogP contribution in [0.5, 0.6) is 0 Å². The number of nitrogens with one attached hydrogen (secondary N) is 1. The average molecular weight is 331 g/mol. The van der Waals surface area contributed by atoms with Gasteiger partial charge in [0.15, 0.2) is 0 Å². The lowest BCUT2D eigenvalue weighted by Gasteiger charge is -2.26. The fraction of sp³-hybridized carbons (Fsp3) is 0.579. The predicted molar refractivity (Wildman–Crippen MR) is 95.9 cm³/mol. The lowest BCUT2D eigenvalue weighted by molar-refractivity contribution is 0.0745. The molecule has 5 nitrogen and oxygen atoms in total. The zero-order valence-electron chi connectivity index (χ0n) is 15.1. The zero-order valence-corrected chi connectivity index (χ0v) is 15.1. The van der Waals surface area contributed by atoms with Crippen molar-refractivity contribution in [2.45, 2.75) is 39.7 Å². The van der Waals surface area contributed by atoms with Crippen LogP contribution in [0.1, 0.15) is 54.3 Å². The fourth-order valence-electron chi connectivity index (χ4n) is 2.80. The number of hydrogen-bond acceptors (Lipinski definition) is 3. The summed E-state index contributed by atoms with van der Waals surface area (Å²) >= 11 is 0. The molecule has 1 aliphatic carbocycles. The number of nitrogens with zero attached hydrogens (tertiary/aromatic N) is 1. The van der Waals surface area contributed by atoms with Crippen molar-refractivity contribution in [3.63, 3.8) is 0 Å². The maximum atomic E-state index is 12.5. The Labute approximate surface area is 144 Å². The van der Waals surface area contributed by atoms with Crippen LogP contribution >= 0.6 is 0 Å². The van der Waals surface area contributed by atoms with Crippen molar-refractivity contribution in [3.8, 4) is 0 Å². The summed E-state index contributed by atoms with van der Waals surface area (Å²) in [4.78, 5) is 26.5. The highest BCUT2D eigenvalue weighted by Crippen LogP contribution is 2.31. The number of benzene rings is 1. The monoisotopic (exact) mass is 331 g/mol. The first-order valence-corrected chi connectivity index (χ1v) is 8.57. The summed E-state index contributed by atoms with van der Waals surface area (Å²) in [5, 5.41) is 2.86. The second-order valence-electron chi connectivity index (χ2n) is 8.01. The van der Waals surface area contributed by atoms with Gasteiger partial charge in [0.05, 0.1) is 0 Å². The van der Waals surface area contributed by atoms with E-state index in [4.69, 9.17) is 5.73 Å². The highest BCUT2D eigenvalue weighted by molar-refractivity contribution is 5.99. The summed E-state index contributed by atoms with van der Waals surface area (Å²) in [5.74, 6) is 0.290. The van der Waals surface area contributed by atoms with Crippen LogP contribution in [0.15, 0.2) is 24.3 Å². The Hall–Kier alpha value is -1.88. The Morgan fingerprint density at radius 2 is 1.92 bits per heavy atom. The Balaban J connectivity index is 1.99. The largest absolute Gasteiger partial charge is 0.350 e. The second kappa shape index (κ2) is 7.34. The van der Waals surface area contributed by atoms with E-state index in [1.54, 1.807) is 36.2 Å². The van der Waals surface area contributed by atoms with E-state index in [0.717, 1.165) is 12.8 Å². The highest BCUT2D eigenvalue weighted by atomic mass is 16.2. The van der Waals surface area contributed by atoms with Crippen molar-refractivity contribution in [3.05, 3.63) is 35.4 Å². The van der Waals surface area contributed by atoms with Crippen molar-refractivity contribution >= 4 is 11.8 Å². The van der Waals surface area contributed by atoms with E-state index in [1.165, 1.54) is 0 Å². The minimum absolute atomic E-state index is 0.0247. The number of carbonyl (C=O) groups is 2. The number of hydrogen-bond donors (Lipinski definition) is 2. The molecule has 1 aliphatic rings. The summed E-state index contributed by atoms with van der Waals surface area (Å²) in [6.45, 7) is 7.39. The molecule has 0 radical (unpaired) electrons. The molecule has 2 amide bonds. The summed E-state index contributed by atoms with van der Waals surface area (Å²) in [6, 6.07) is 6.89. The third kappa shape index (κ3) is 5.34. The molecule has 1 aromatic carbocycles. The van der Waals surface area contributed by atoms with E-state index in [9.17, 15) is 9.59 Å².